The van der Waals surface area contributed by atoms with Crippen molar-refractivity contribution in [3.63, 3.8) is 0 Å². The van der Waals surface area contributed by atoms with Gasteiger partial charge in [0.1, 0.15) is 0 Å². The minimum Gasteiger partial charge on any atom is -0.466 e. The minimum atomic E-state index is -0.333. The van der Waals surface area contributed by atoms with Crippen LogP contribution in [0.4, 0.5) is 0 Å². The molecule has 0 saturated carbocycles. The first-order chi connectivity index (χ1) is 7.16. The van der Waals surface area contributed by atoms with E-state index in [0.29, 0.717) is 13.2 Å². The lowest BCUT2D eigenvalue weighted by atomic mass is 9.77. The molecule has 0 aliphatic heterocycles. The SMILES string of the molecule is CCCCC(CC)(CCN)C(=O)OCC. The molecule has 0 aromatic rings. The van der Waals surface area contributed by atoms with Gasteiger partial charge in [0.15, 0.2) is 0 Å². The topological polar surface area (TPSA) is 52.3 Å². The molecular weight excluding hydrogens is 190 g/mol. The van der Waals surface area contributed by atoms with Crippen molar-refractivity contribution in [3.8, 4) is 0 Å². The van der Waals surface area contributed by atoms with Crippen molar-refractivity contribution in [2.75, 3.05) is 13.2 Å². The summed E-state index contributed by atoms with van der Waals surface area (Å²) in [6, 6.07) is 0. The van der Waals surface area contributed by atoms with E-state index < -0.39 is 0 Å². The van der Waals surface area contributed by atoms with E-state index in [0.717, 1.165) is 32.1 Å². The molecule has 0 radical (unpaired) electrons. The Labute approximate surface area is 93.4 Å². The van der Waals surface area contributed by atoms with Crippen molar-refractivity contribution in [1.82, 2.24) is 0 Å². The number of carbonyl (C=O) groups excluding carboxylic acids is 1. The molecule has 1 atom stereocenters. The van der Waals surface area contributed by atoms with Gasteiger partial charge in [0, 0.05) is 0 Å². The highest BCUT2D eigenvalue weighted by Crippen LogP contribution is 2.33. The van der Waals surface area contributed by atoms with Crippen molar-refractivity contribution in [2.24, 2.45) is 11.1 Å². The molecule has 0 aromatic carbocycles. The van der Waals surface area contributed by atoms with Gasteiger partial charge in [-0.15, -0.1) is 0 Å². The van der Waals surface area contributed by atoms with Gasteiger partial charge in [-0.25, -0.2) is 0 Å². The van der Waals surface area contributed by atoms with E-state index in [1.165, 1.54) is 0 Å². The summed E-state index contributed by atoms with van der Waals surface area (Å²) >= 11 is 0. The van der Waals surface area contributed by atoms with Crippen LogP contribution in [-0.2, 0) is 9.53 Å². The van der Waals surface area contributed by atoms with E-state index >= 15 is 0 Å². The molecule has 15 heavy (non-hydrogen) atoms. The molecule has 90 valence electrons. The van der Waals surface area contributed by atoms with E-state index in [-0.39, 0.29) is 11.4 Å². The molecule has 3 heteroatoms. The molecule has 0 rings (SSSR count). The van der Waals surface area contributed by atoms with Gasteiger partial charge in [-0.1, -0.05) is 26.7 Å². The van der Waals surface area contributed by atoms with Crippen LogP contribution in [-0.4, -0.2) is 19.1 Å². The number of nitrogens with two attached hydrogens (primary N) is 1. The molecule has 0 heterocycles. The molecule has 1 unspecified atom stereocenters. The van der Waals surface area contributed by atoms with Gasteiger partial charge in [0.2, 0.25) is 0 Å². The maximum Gasteiger partial charge on any atom is 0.312 e. The predicted octanol–water partition coefficient (Wildman–Crippen LogP) is 2.48. The standard InChI is InChI=1S/C12H25NO2/c1-4-7-8-12(5-2,9-10-13)11(14)15-6-3/h4-10,13H2,1-3H3. The van der Waals surface area contributed by atoms with Gasteiger partial charge < -0.3 is 10.5 Å². The van der Waals surface area contributed by atoms with E-state index in [1.807, 2.05) is 13.8 Å². The van der Waals surface area contributed by atoms with E-state index in [2.05, 4.69) is 6.92 Å². The first kappa shape index (κ1) is 14.4. The number of unbranched alkanes of at least 4 members (excludes halogenated alkanes) is 1. The fourth-order valence-electron chi connectivity index (χ4n) is 1.90. The number of hydrogen-bond donors (Lipinski definition) is 1. The van der Waals surface area contributed by atoms with Gasteiger partial charge in [0.05, 0.1) is 12.0 Å². The van der Waals surface area contributed by atoms with Crippen LogP contribution in [0.25, 0.3) is 0 Å². The molecule has 0 aliphatic rings. The zero-order valence-corrected chi connectivity index (χ0v) is 10.3. The zero-order chi connectivity index (χ0) is 11.7. The van der Waals surface area contributed by atoms with E-state index in [1.54, 1.807) is 0 Å². The zero-order valence-electron chi connectivity index (χ0n) is 10.3. The Hall–Kier alpha value is -0.570. The number of rotatable bonds is 8. The van der Waals surface area contributed by atoms with Crippen molar-refractivity contribution in [3.05, 3.63) is 0 Å². The summed E-state index contributed by atoms with van der Waals surface area (Å²) in [6.07, 6.45) is 4.62. The van der Waals surface area contributed by atoms with Crippen LogP contribution in [0, 0.1) is 5.41 Å². The smallest absolute Gasteiger partial charge is 0.312 e. The molecular formula is C12H25NO2. The van der Waals surface area contributed by atoms with Crippen LogP contribution in [0.2, 0.25) is 0 Å². The van der Waals surface area contributed by atoms with Crippen molar-refractivity contribution in [2.45, 2.75) is 52.9 Å². The van der Waals surface area contributed by atoms with E-state index in [9.17, 15) is 4.79 Å². The lowest BCUT2D eigenvalue weighted by Crippen LogP contribution is -2.34. The Morgan fingerprint density at radius 3 is 2.33 bits per heavy atom. The fraction of sp³-hybridized carbons (Fsp3) is 0.917. The Kier molecular flexibility index (Phi) is 7.39. The monoisotopic (exact) mass is 215 g/mol. The second-order valence-electron chi connectivity index (χ2n) is 4.00. The summed E-state index contributed by atoms with van der Waals surface area (Å²) in [5.41, 5.74) is 5.26. The van der Waals surface area contributed by atoms with Crippen LogP contribution < -0.4 is 5.73 Å². The average molecular weight is 215 g/mol. The molecule has 0 spiro atoms. The molecule has 3 nitrogen and oxygen atoms in total. The molecule has 0 fully saturated rings. The van der Waals surface area contributed by atoms with Crippen LogP contribution in [0.1, 0.15) is 52.9 Å². The lowest BCUT2D eigenvalue weighted by Gasteiger charge is -2.29. The second-order valence-corrected chi connectivity index (χ2v) is 4.00. The van der Waals surface area contributed by atoms with Gasteiger partial charge in [-0.2, -0.15) is 0 Å². The third-order valence-corrected chi connectivity index (χ3v) is 3.02. The second kappa shape index (κ2) is 7.69. The van der Waals surface area contributed by atoms with Gasteiger partial charge in [0.25, 0.3) is 0 Å². The summed E-state index contributed by atoms with van der Waals surface area (Å²) < 4.78 is 5.15. The summed E-state index contributed by atoms with van der Waals surface area (Å²) in [4.78, 5) is 11.9. The molecule has 0 saturated heterocycles. The third kappa shape index (κ3) is 4.20. The first-order valence-electron chi connectivity index (χ1n) is 6.04. The molecule has 0 aliphatic carbocycles. The highest BCUT2D eigenvalue weighted by atomic mass is 16.5. The van der Waals surface area contributed by atoms with Crippen molar-refractivity contribution < 1.29 is 9.53 Å². The number of carbonyl (C=O) groups is 1. The maximum absolute atomic E-state index is 11.9. The van der Waals surface area contributed by atoms with Crippen LogP contribution in [0.3, 0.4) is 0 Å². The van der Waals surface area contributed by atoms with E-state index in [4.69, 9.17) is 10.5 Å². The largest absolute Gasteiger partial charge is 0.466 e. The fourth-order valence-corrected chi connectivity index (χ4v) is 1.90. The maximum atomic E-state index is 11.9. The Bertz CT molecular complexity index is 182. The molecule has 0 amide bonds. The first-order valence-corrected chi connectivity index (χ1v) is 6.04. The Morgan fingerprint density at radius 2 is 1.93 bits per heavy atom. The normalized spacial score (nSPS) is 14.7. The van der Waals surface area contributed by atoms with Gasteiger partial charge >= 0.3 is 5.97 Å². The van der Waals surface area contributed by atoms with Gasteiger partial charge in [-0.05, 0) is 32.7 Å². The lowest BCUT2D eigenvalue weighted by molar-refractivity contribution is -0.156. The van der Waals surface area contributed by atoms with Crippen LogP contribution >= 0.6 is 0 Å². The summed E-state index contributed by atoms with van der Waals surface area (Å²) in [5.74, 6) is -0.0635. The number of esters is 1. The Balaban J connectivity index is 4.54. The molecule has 0 aromatic heterocycles. The minimum absolute atomic E-state index is 0.0635. The number of ether oxygens (including phenoxy) is 1. The van der Waals surface area contributed by atoms with Crippen molar-refractivity contribution in [1.29, 1.82) is 0 Å². The van der Waals surface area contributed by atoms with Crippen LogP contribution in [0.15, 0.2) is 0 Å². The summed E-state index contributed by atoms with van der Waals surface area (Å²) in [6.45, 7) is 7.03. The predicted molar refractivity (Wildman–Crippen MR) is 62.6 cm³/mol. The third-order valence-electron chi connectivity index (χ3n) is 3.02. The highest BCUT2D eigenvalue weighted by Gasteiger charge is 2.36. The van der Waals surface area contributed by atoms with Crippen molar-refractivity contribution >= 4 is 5.97 Å². The highest BCUT2D eigenvalue weighted by molar-refractivity contribution is 5.76. The number of hydrogen-bond acceptors (Lipinski definition) is 3. The summed E-state index contributed by atoms with van der Waals surface area (Å²) in [5, 5.41) is 0. The molecule has 2 N–H and O–H groups in total. The Morgan fingerprint density at radius 1 is 1.27 bits per heavy atom. The van der Waals surface area contributed by atoms with Crippen LogP contribution in [0.5, 0.6) is 0 Å². The summed E-state index contributed by atoms with van der Waals surface area (Å²) in [7, 11) is 0. The quantitative estimate of drug-likeness (QED) is 0.633. The average Bonchev–Trinajstić information content (AvgIpc) is 2.24. The van der Waals surface area contributed by atoms with Gasteiger partial charge in [-0.3, -0.25) is 4.79 Å². The molecule has 0 bridgehead atoms.